The maximum atomic E-state index is 12.5. The summed E-state index contributed by atoms with van der Waals surface area (Å²) in [6.45, 7) is 2.68. The van der Waals surface area contributed by atoms with Crippen LogP contribution >= 0.6 is 0 Å². The summed E-state index contributed by atoms with van der Waals surface area (Å²) in [4.78, 5) is 26.3. The summed E-state index contributed by atoms with van der Waals surface area (Å²) in [5, 5.41) is 2.98. The van der Waals surface area contributed by atoms with Crippen LogP contribution in [0.4, 0.5) is 0 Å². The first-order valence-corrected chi connectivity index (χ1v) is 8.90. The molecule has 6 heteroatoms. The molecule has 0 saturated carbocycles. The number of rotatable bonds is 8. The van der Waals surface area contributed by atoms with Crippen molar-refractivity contribution in [3.8, 4) is 16.9 Å². The lowest BCUT2D eigenvalue weighted by Crippen LogP contribution is -2.39. The Bertz CT molecular complexity index is 818. The quantitative estimate of drug-likeness (QED) is 0.749. The SMILES string of the molecule is CCC(CNC(=O)c1cccc(-c2ccc(OC)c(C(N)=O)c2)c1)N(C)C. The van der Waals surface area contributed by atoms with Gasteiger partial charge < -0.3 is 20.7 Å². The molecule has 0 saturated heterocycles. The van der Waals surface area contributed by atoms with Gasteiger partial charge in [0.05, 0.1) is 12.7 Å². The smallest absolute Gasteiger partial charge is 0.252 e. The van der Waals surface area contributed by atoms with Gasteiger partial charge in [-0.1, -0.05) is 25.1 Å². The number of hydrogen-bond acceptors (Lipinski definition) is 4. The van der Waals surface area contributed by atoms with Gasteiger partial charge in [0.15, 0.2) is 0 Å². The van der Waals surface area contributed by atoms with E-state index in [9.17, 15) is 9.59 Å². The molecular formula is C21H27N3O3. The van der Waals surface area contributed by atoms with Crippen molar-refractivity contribution >= 4 is 11.8 Å². The lowest BCUT2D eigenvalue weighted by Gasteiger charge is -2.23. The molecule has 0 aliphatic carbocycles. The number of primary amides is 1. The third-order valence-corrected chi connectivity index (χ3v) is 4.62. The first kappa shape index (κ1) is 20.5. The monoisotopic (exact) mass is 369 g/mol. The minimum absolute atomic E-state index is 0.124. The molecule has 0 spiro atoms. The number of likely N-dealkylation sites (N-methyl/N-ethyl adjacent to an activating group) is 1. The van der Waals surface area contributed by atoms with Crippen LogP contribution in [0.2, 0.25) is 0 Å². The van der Waals surface area contributed by atoms with Crippen LogP contribution in [0.3, 0.4) is 0 Å². The number of carbonyl (C=O) groups is 2. The number of hydrogen-bond donors (Lipinski definition) is 2. The van der Waals surface area contributed by atoms with Gasteiger partial charge in [-0.3, -0.25) is 9.59 Å². The molecule has 144 valence electrons. The molecule has 0 heterocycles. The number of nitrogens with two attached hydrogens (primary N) is 1. The molecule has 0 aliphatic rings. The topological polar surface area (TPSA) is 84.7 Å². The highest BCUT2D eigenvalue weighted by atomic mass is 16.5. The predicted molar refractivity (Wildman–Crippen MR) is 107 cm³/mol. The first-order chi connectivity index (χ1) is 12.9. The second kappa shape index (κ2) is 9.19. The van der Waals surface area contributed by atoms with Crippen molar-refractivity contribution in [2.45, 2.75) is 19.4 Å². The van der Waals surface area contributed by atoms with Crippen molar-refractivity contribution in [3.05, 3.63) is 53.6 Å². The number of methoxy groups -OCH3 is 1. The molecule has 0 radical (unpaired) electrons. The highest BCUT2D eigenvalue weighted by Gasteiger charge is 2.14. The molecule has 27 heavy (non-hydrogen) atoms. The zero-order valence-corrected chi connectivity index (χ0v) is 16.3. The van der Waals surface area contributed by atoms with Crippen molar-refractivity contribution in [2.24, 2.45) is 5.73 Å². The van der Waals surface area contributed by atoms with E-state index in [4.69, 9.17) is 10.5 Å². The number of benzene rings is 2. The van der Waals surface area contributed by atoms with Crippen LogP contribution in [0, 0.1) is 0 Å². The Kier molecular flexibility index (Phi) is 6.96. The molecule has 6 nitrogen and oxygen atoms in total. The Balaban J connectivity index is 2.23. The largest absolute Gasteiger partial charge is 0.496 e. The highest BCUT2D eigenvalue weighted by molar-refractivity contribution is 5.98. The van der Waals surface area contributed by atoms with Crippen LogP contribution in [-0.4, -0.2) is 50.5 Å². The van der Waals surface area contributed by atoms with Crippen LogP contribution in [0.1, 0.15) is 34.1 Å². The van der Waals surface area contributed by atoms with E-state index in [-0.39, 0.29) is 11.9 Å². The molecule has 0 aromatic heterocycles. The summed E-state index contributed by atoms with van der Waals surface area (Å²) in [5.41, 5.74) is 7.92. The fourth-order valence-corrected chi connectivity index (χ4v) is 2.92. The molecule has 3 N–H and O–H groups in total. The zero-order chi connectivity index (χ0) is 20.0. The molecule has 1 atom stereocenters. The Hall–Kier alpha value is -2.86. The normalized spacial score (nSPS) is 11.9. The highest BCUT2D eigenvalue weighted by Crippen LogP contribution is 2.27. The Morgan fingerprint density at radius 1 is 1.15 bits per heavy atom. The van der Waals surface area contributed by atoms with Crippen molar-refractivity contribution in [2.75, 3.05) is 27.7 Å². The van der Waals surface area contributed by atoms with Crippen LogP contribution in [-0.2, 0) is 0 Å². The van der Waals surface area contributed by atoms with Gasteiger partial charge in [-0.2, -0.15) is 0 Å². The van der Waals surface area contributed by atoms with Gasteiger partial charge in [0, 0.05) is 18.2 Å². The summed E-state index contributed by atoms with van der Waals surface area (Å²) in [6, 6.07) is 12.8. The van der Waals surface area contributed by atoms with Gasteiger partial charge in [-0.05, 0) is 55.9 Å². The number of amides is 2. The van der Waals surface area contributed by atoms with E-state index >= 15 is 0 Å². The standard InChI is InChI=1S/C21H27N3O3/c1-5-17(24(2)3)13-23-21(26)16-8-6-7-14(11-16)15-9-10-19(27-4)18(12-15)20(22)25/h6-12,17H,5,13H2,1-4H3,(H2,22,25)(H,23,26). The molecule has 0 fully saturated rings. The third-order valence-electron chi connectivity index (χ3n) is 4.62. The number of ether oxygens (including phenoxy) is 1. The van der Waals surface area contributed by atoms with E-state index in [0.29, 0.717) is 23.4 Å². The van der Waals surface area contributed by atoms with E-state index in [1.165, 1.54) is 7.11 Å². The Morgan fingerprint density at radius 3 is 2.44 bits per heavy atom. The number of nitrogens with one attached hydrogen (secondary N) is 1. The van der Waals surface area contributed by atoms with Gasteiger partial charge in [0.25, 0.3) is 11.8 Å². The molecule has 2 aromatic rings. The molecule has 0 bridgehead atoms. The van der Waals surface area contributed by atoms with E-state index in [1.54, 1.807) is 24.3 Å². The first-order valence-electron chi connectivity index (χ1n) is 8.90. The van der Waals surface area contributed by atoms with Crippen LogP contribution in [0.5, 0.6) is 5.75 Å². The summed E-state index contributed by atoms with van der Waals surface area (Å²) >= 11 is 0. The van der Waals surface area contributed by atoms with E-state index < -0.39 is 5.91 Å². The van der Waals surface area contributed by atoms with Gasteiger partial charge in [0.1, 0.15) is 5.75 Å². The average molecular weight is 369 g/mol. The number of carbonyl (C=O) groups excluding carboxylic acids is 2. The van der Waals surface area contributed by atoms with Gasteiger partial charge in [-0.25, -0.2) is 0 Å². The summed E-state index contributed by atoms with van der Waals surface area (Å²) in [7, 11) is 5.49. The van der Waals surface area contributed by atoms with E-state index in [0.717, 1.165) is 17.5 Å². The molecule has 2 amide bonds. The van der Waals surface area contributed by atoms with Gasteiger partial charge in [0.2, 0.25) is 0 Å². The number of nitrogens with zero attached hydrogens (tertiary/aromatic N) is 1. The van der Waals surface area contributed by atoms with Crippen molar-refractivity contribution in [3.63, 3.8) is 0 Å². The van der Waals surface area contributed by atoms with Gasteiger partial charge >= 0.3 is 0 Å². The molecule has 0 aliphatic heterocycles. The second-order valence-electron chi connectivity index (χ2n) is 6.60. The fraction of sp³-hybridized carbons (Fsp3) is 0.333. The van der Waals surface area contributed by atoms with Crippen LogP contribution < -0.4 is 15.8 Å². The van der Waals surface area contributed by atoms with E-state index in [1.807, 2.05) is 32.3 Å². The summed E-state index contributed by atoms with van der Waals surface area (Å²) in [5.74, 6) is -0.257. The summed E-state index contributed by atoms with van der Waals surface area (Å²) < 4.78 is 5.17. The minimum atomic E-state index is -0.558. The Labute approximate surface area is 160 Å². The van der Waals surface area contributed by atoms with Crippen molar-refractivity contribution < 1.29 is 14.3 Å². The summed E-state index contributed by atoms with van der Waals surface area (Å²) in [6.07, 6.45) is 0.953. The van der Waals surface area contributed by atoms with Crippen molar-refractivity contribution in [1.29, 1.82) is 0 Å². The lowest BCUT2D eigenvalue weighted by molar-refractivity contribution is 0.0940. The van der Waals surface area contributed by atoms with Crippen molar-refractivity contribution in [1.82, 2.24) is 10.2 Å². The lowest BCUT2D eigenvalue weighted by atomic mass is 10.00. The Morgan fingerprint density at radius 2 is 1.85 bits per heavy atom. The molecule has 1 unspecified atom stereocenters. The van der Waals surface area contributed by atoms with Gasteiger partial charge in [-0.15, -0.1) is 0 Å². The fourth-order valence-electron chi connectivity index (χ4n) is 2.92. The molecule has 2 aromatic carbocycles. The minimum Gasteiger partial charge on any atom is -0.496 e. The molecule has 2 rings (SSSR count). The third kappa shape index (κ3) is 5.08. The maximum Gasteiger partial charge on any atom is 0.252 e. The maximum absolute atomic E-state index is 12.5. The van der Waals surface area contributed by atoms with E-state index in [2.05, 4.69) is 17.1 Å². The van der Waals surface area contributed by atoms with Crippen LogP contribution in [0.15, 0.2) is 42.5 Å². The molecular weight excluding hydrogens is 342 g/mol. The zero-order valence-electron chi connectivity index (χ0n) is 16.3. The van der Waals surface area contributed by atoms with Crippen LogP contribution in [0.25, 0.3) is 11.1 Å². The second-order valence-corrected chi connectivity index (χ2v) is 6.60. The average Bonchev–Trinajstić information content (AvgIpc) is 2.67. The predicted octanol–water partition coefficient (Wildman–Crippen LogP) is 2.53.